The molecular weight excluding hydrogens is 237 g/mol. The van der Waals surface area contributed by atoms with Gasteiger partial charge in [0.25, 0.3) is 0 Å². The van der Waals surface area contributed by atoms with Crippen LogP contribution in [0, 0.1) is 9.55 Å². The van der Waals surface area contributed by atoms with Crippen LogP contribution in [0.4, 0.5) is 0 Å². The minimum atomic E-state index is 0. The first-order valence-electron chi connectivity index (χ1n) is 0.374. The molecule has 0 unspecified atom stereocenters. The van der Waals surface area contributed by atoms with Gasteiger partial charge in [0.1, 0.15) is 0 Å². The summed E-state index contributed by atoms with van der Waals surface area (Å²) >= 11 is 1.73. The van der Waals surface area contributed by atoms with Crippen molar-refractivity contribution in [3.63, 3.8) is 0 Å². The predicted molar refractivity (Wildman–Crippen MR) is 10.6 cm³/mol. The Bertz CT molecular complexity index is 27.5. The molecule has 4 heavy (non-hydrogen) atoms. The van der Waals surface area contributed by atoms with Crippen molar-refractivity contribution in [3.05, 3.63) is 0 Å². The Balaban J connectivity index is 0. The summed E-state index contributed by atoms with van der Waals surface area (Å²) in [5.74, 6) is 0. The molecule has 0 saturated heterocycles. The Morgan fingerprint density at radius 2 is 1.75 bits per heavy atom. The summed E-state index contributed by atoms with van der Waals surface area (Å²) < 4.78 is 1.69. The average molecular weight is 240 g/mol. The van der Waals surface area contributed by atoms with Crippen molar-refractivity contribution in [1.29, 1.82) is 5.26 Å². The molecule has 28 valence electrons. The normalized spacial score (nSPS) is 2.25. The molecule has 3 N–H and O–H groups in total. The summed E-state index contributed by atoms with van der Waals surface area (Å²) in [7, 11) is 0. The van der Waals surface area contributed by atoms with Crippen molar-refractivity contribution in [2.75, 3.05) is 0 Å². The van der Waals surface area contributed by atoms with Gasteiger partial charge in [-0.2, -0.15) is 0 Å². The van der Waals surface area contributed by atoms with Crippen LogP contribution in [0.5, 0.6) is 0 Å². The number of nitrogens with zero attached hydrogens (tertiary/aromatic N) is 1. The summed E-state index contributed by atoms with van der Waals surface area (Å²) in [6.45, 7) is 0. The van der Waals surface area contributed by atoms with E-state index in [-0.39, 0.29) is 6.15 Å². The molecule has 0 fully saturated rings. The number of hydrogen-bond acceptors (Lipinski definition) is 2. The van der Waals surface area contributed by atoms with Crippen LogP contribution < -0.4 is 6.15 Å². The Kier molecular flexibility index (Phi) is 24.0. The van der Waals surface area contributed by atoms with Gasteiger partial charge in [-0.3, -0.25) is 0 Å². The summed E-state index contributed by atoms with van der Waals surface area (Å²) in [5.41, 5.74) is 0. The third-order valence-electron chi connectivity index (χ3n) is 0. The van der Waals surface area contributed by atoms with E-state index in [1.54, 1.807) is 25.4 Å². The van der Waals surface area contributed by atoms with Crippen LogP contribution in [-0.2, 0) is 21.1 Å². The van der Waals surface area contributed by atoms with Crippen LogP contribution >= 0.6 is 0 Å². The molecule has 0 saturated carbocycles. The Morgan fingerprint density at radius 1 is 1.75 bits per heavy atom. The van der Waals surface area contributed by atoms with Gasteiger partial charge in [-0.05, 0) is 0 Å². The molecule has 0 aromatic rings. The molecule has 0 heterocycles. The fourth-order valence-electron chi connectivity index (χ4n) is 0. The van der Waals surface area contributed by atoms with Crippen molar-refractivity contribution in [2.45, 2.75) is 0 Å². The van der Waals surface area contributed by atoms with Gasteiger partial charge >= 0.3 is 30.6 Å². The second-order valence-electron chi connectivity index (χ2n) is 0.0674. The van der Waals surface area contributed by atoms with Gasteiger partial charge in [-0.15, -0.1) is 0 Å². The summed E-state index contributed by atoms with van der Waals surface area (Å²) in [6.07, 6.45) is 0. The van der Waals surface area contributed by atoms with Gasteiger partial charge in [0.15, 0.2) is 0 Å². The Hall–Kier alpha value is 0.190. The van der Waals surface area contributed by atoms with Gasteiger partial charge in [0.2, 0.25) is 0 Å². The maximum atomic E-state index is 7.29. The molecule has 3 heteroatoms. The summed E-state index contributed by atoms with van der Waals surface area (Å²) in [4.78, 5) is 0. The number of hydrogen-bond donors (Lipinski definition) is 1. The third-order valence-corrected chi connectivity index (χ3v) is 0. The Labute approximate surface area is 37.3 Å². The minimum absolute atomic E-state index is 0. The van der Waals surface area contributed by atoms with Crippen LogP contribution in [0.15, 0.2) is 0 Å². The zero-order valence-corrected chi connectivity index (χ0v) is 4.12. The molecule has 0 aliphatic heterocycles. The van der Waals surface area contributed by atoms with E-state index in [9.17, 15) is 0 Å². The number of rotatable bonds is 0. The van der Waals surface area contributed by atoms with Crippen molar-refractivity contribution >= 4 is 0 Å². The van der Waals surface area contributed by atoms with Gasteiger partial charge in [0, 0.05) is 0 Å². The van der Waals surface area contributed by atoms with Crippen molar-refractivity contribution in [2.24, 2.45) is 0 Å². The van der Waals surface area contributed by atoms with Gasteiger partial charge in [-0.1, -0.05) is 0 Å². The van der Waals surface area contributed by atoms with Gasteiger partial charge in [-0.25, -0.2) is 0 Å². The standard InChI is InChI=1S/CN.Au.H3N/c1-2;;/h;;1H3. The van der Waals surface area contributed by atoms with E-state index >= 15 is 0 Å². The molecule has 0 aliphatic rings. The molecule has 0 atom stereocenters. The molecule has 0 aromatic carbocycles. The molecule has 0 aliphatic carbocycles. The topological polar surface area (TPSA) is 58.8 Å². The van der Waals surface area contributed by atoms with Gasteiger partial charge in [0.05, 0.1) is 0 Å². The SMILES string of the molecule is N.N#[C][Au]. The van der Waals surface area contributed by atoms with Crippen molar-refractivity contribution < 1.29 is 21.1 Å². The molecule has 0 radical (unpaired) electrons. The van der Waals surface area contributed by atoms with E-state index in [1.807, 2.05) is 0 Å². The van der Waals surface area contributed by atoms with E-state index in [2.05, 4.69) is 0 Å². The second kappa shape index (κ2) is 10.8. The van der Waals surface area contributed by atoms with Crippen LogP contribution in [-0.4, -0.2) is 0 Å². The van der Waals surface area contributed by atoms with Crippen LogP contribution in [0.25, 0.3) is 0 Å². The van der Waals surface area contributed by atoms with Crippen LogP contribution in [0.2, 0.25) is 0 Å². The zero-order chi connectivity index (χ0) is 2.71. The summed E-state index contributed by atoms with van der Waals surface area (Å²) in [5, 5.41) is 7.29. The Morgan fingerprint density at radius 3 is 1.75 bits per heavy atom. The van der Waals surface area contributed by atoms with Crippen molar-refractivity contribution in [3.8, 4) is 4.29 Å². The third kappa shape index (κ3) is 85.7. The van der Waals surface area contributed by atoms with E-state index in [0.29, 0.717) is 0 Å². The molecule has 0 bridgehead atoms. The molecule has 2 nitrogen and oxygen atoms in total. The first-order valence-corrected chi connectivity index (χ1v) is 1.46. The predicted octanol–water partition coefficient (Wildman–Crippen LogP) is 0.176. The zero-order valence-electron chi connectivity index (χ0n) is 1.96. The van der Waals surface area contributed by atoms with E-state index in [1.165, 1.54) is 0 Å². The maximum absolute atomic E-state index is 7.29. The van der Waals surface area contributed by atoms with Crippen molar-refractivity contribution in [1.82, 2.24) is 6.15 Å². The second-order valence-corrected chi connectivity index (χ2v) is 0.552. The fourth-order valence-corrected chi connectivity index (χ4v) is 0. The van der Waals surface area contributed by atoms with Crippen LogP contribution in [0.3, 0.4) is 0 Å². The molecular formula is CH3AuN2. The molecule has 0 aromatic heterocycles. The molecule has 0 amide bonds. The van der Waals surface area contributed by atoms with Crippen LogP contribution in [0.1, 0.15) is 0 Å². The monoisotopic (exact) mass is 240 g/mol. The van der Waals surface area contributed by atoms with E-state index in [0.717, 1.165) is 0 Å². The van der Waals surface area contributed by atoms with Gasteiger partial charge < -0.3 is 6.15 Å². The quantitative estimate of drug-likeness (QED) is 0.614. The average Bonchev–Trinajstić information content (AvgIpc) is 0.918. The molecule has 0 spiro atoms. The first-order chi connectivity index (χ1) is 1.41. The van der Waals surface area contributed by atoms with E-state index < -0.39 is 0 Å². The summed E-state index contributed by atoms with van der Waals surface area (Å²) in [6, 6.07) is 0. The fraction of sp³-hybridized carbons (Fsp3) is 0. The molecule has 0 rings (SSSR count). The first kappa shape index (κ1) is 8.89. The number of nitriles is 1. The van der Waals surface area contributed by atoms with E-state index in [4.69, 9.17) is 5.26 Å².